The first kappa shape index (κ1) is 12.3. The van der Waals surface area contributed by atoms with E-state index < -0.39 is 0 Å². The number of hydrogen-bond acceptors (Lipinski definition) is 4. The number of nitrogens with one attached hydrogen (secondary N) is 1. The fourth-order valence-corrected chi connectivity index (χ4v) is 2.61. The van der Waals surface area contributed by atoms with Crippen LogP contribution in [0.2, 0.25) is 0 Å². The lowest BCUT2D eigenvalue weighted by Crippen LogP contribution is -2.04. The van der Waals surface area contributed by atoms with Gasteiger partial charge in [-0.3, -0.25) is 0 Å². The van der Waals surface area contributed by atoms with Crippen LogP contribution in [0.5, 0.6) is 0 Å². The maximum absolute atomic E-state index is 4.30. The van der Waals surface area contributed by atoms with Gasteiger partial charge in [0.05, 0.1) is 10.2 Å². The lowest BCUT2D eigenvalue weighted by molar-refractivity contribution is 0.544. The van der Waals surface area contributed by atoms with Crippen molar-refractivity contribution in [1.82, 2.24) is 9.97 Å². The summed E-state index contributed by atoms with van der Waals surface area (Å²) in [5.74, 6) is 1.78. The van der Waals surface area contributed by atoms with Crippen molar-refractivity contribution in [3.8, 4) is 0 Å². The van der Waals surface area contributed by atoms with Crippen LogP contribution < -0.4 is 5.32 Å². The van der Waals surface area contributed by atoms with Gasteiger partial charge in [-0.05, 0) is 23.8 Å². The Balaban J connectivity index is 1.84. The van der Waals surface area contributed by atoms with Gasteiger partial charge in [0.2, 0.25) is 0 Å². The van der Waals surface area contributed by atoms with Crippen LogP contribution in [0.3, 0.4) is 0 Å². The van der Waals surface area contributed by atoms with Crippen LogP contribution in [0.25, 0.3) is 10.2 Å². The van der Waals surface area contributed by atoms with Crippen molar-refractivity contribution in [1.29, 1.82) is 0 Å². The quantitative estimate of drug-likeness (QED) is 0.788. The Morgan fingerprint density at radius 3 is 3.00 bits per heavy atom. The Labute approximate surface area is 106 Å². The number of nitrogens with zero attached hydrogens (tertiary/aromatic N) is 2. The molecule has 2 aromatic heterocycles. The summed E-state index contributed by atoms with van der Waals surface area (Å²) in [5, 5.41) is 5.47. The molecule has 0 bridgehead atoms. The first-order valence-corrected chi connectivity index (χ1v) is 7.07. The Kier molecular flexibility index (Phi) is 4.31. The molecule has 0 aliphatic carbocycles. The van der Waals surface area contributed by atoms with Crippen LogP contribution in [0.15, 0.2) is 17.8 Å². The monoisotopic (exact) mass is 249 g/mol. The summed E-state index contributed by atoms with van der Waals surface area (Å²) in [5.41, 5.74) is 1.04. The van der Waals surface area contributed by atoms with Gasteiger partial charge < -0.3 is 5.32 Å². The van der Waals surface area contributed by atoms with Crippen molar-refractivity contribution in [3.05, 3.63) is 17.8 Å². The number of thiophene rings is 1. The average Bonchev–Trinajstić information content (AvgIpc) is 2.77. The highest BCUT2D eigenvalue weighted by Crippen LogP contribution is 2.24. The molecule has 0 radical (unpaired) electrons. The first-order valence-electron chi connectivity index (χ1n) is 6.19. The van der Waals surface area contributed by atoms with E-state index in [0.717, 1.165) is 28.5 Å². The van der Waals surface area contributed by atoms with Gasteiger partial charge in [-0.2, -0.15) is 0 Å². The second-order valence-electron chi connectivity index (χ2n) is 4.67. The summed E-state index contributed by atoms with van der Waals surface area (Å²) in [6, 6.07) is 2.03. The number of fused-ring (bicyclic) bond motifs is 1. The predicted molar refractivity (Wildman–Crippen MR) is 74.6 cm³/mol. The molecule has 0 saturated carbocycles. The van der Waals surface area contributed by atoms with Crippen LogP contribution in [-0.4, -0.2) is 16.5 Å². The summed E-state index contributed by atoms with van der Waals surface area (Å²) in [6.45, 7) is 5.54. The molecule has 2 rings (SSSR count). The largest absolute Gasteiger partial charge is 0.369 e. The zero-order valence-electron chi connectivity index (χ0n) is 10.4. The third-order valence-corrected chi connectivity index (χ3v) is 3.65. The third kappa shape index (κ3) is 3.40. The Bertz CT molecular complexity index is 464. The lowest BCUT2D eigenvalue weighted by atomic mass is 10.1. The zero-order valence-corrected chi connectivity index (χ0v) is 11.3. The van der Waals surface area contributed by atoms with Gasteiger partial charge in [0, 0.05) is 6.54 Å². The number of hydrogen-bond donors (Lipinski definition) is 1. The normalized spacial score (nSPS) is 11.2. The molecule has 0 amide bonds. The smallest absolute Gasteiger partial charge is 0.147 e. The van der Waals surface area contributed by atoms with Gasteiger partial charge in [-0.25, -0.2) is 9.97 Å². The summed E-state index contributed by atoms with van der Waals surface area (Å²) in [6.07, 6.45) is 5.42. The molecular weight excluding hydrogens is 230 g/mol. The first-order chi connectivity index (χ1) is 8.27. The van der Waals surface area contributed by atoms with Crippen molar-refractivity contribution in [2.45, 2.75) is 33.1 Å². The van der Waals surface area contributed by atoms with Gasteiger partial charge in [0.1, 0.15) is 12.1 Å². The van der Waals surface area contributed by atoms with E-state index in [-0.39, 0.29) is 0 Å². The molecule has 3 nitrogen and oxygen atoms in total. The van der Waals surface area contributed by atoms with Gasteiger partial charge in [0.15, 0.2) is 0 Å². The molecule has 0 unspecified atom stereocenters. The van der Waals surface area contributed by atoms with Crippen LogP contribution >= 0.6 is 11.3 Å². The second kappa shape index (κ2) is 5.96. The van der Waals surface area contributed by atoms with Crippen molar-refractivity contribution >= 4 is 27.4 Å². The van der Waals surface area contributed by atoms with E-state index in [1.54, 1.807) is 17.7 Å². The maximum Gasteiger partial charge on any atom is 0.147 e. The highest BCUT2D eigenvalue weighted by atomic mass is 32.1. The molecule has 0 aliphatic heterocycles. The van der Waals surface area contributed by atoms with Gasteiger partial charge in [0.25, 0.3) is 0 Å². The molecule has 0 spiro atoms. The summed E-state index contributed by atoms with van der Waals surface area (Å²) >= 11 is 1.70. The minimum atomic E-state index is 0.804. The molecule has 92 valence electrons. The number of unbranched alkanes of at least 4 members (excludes halogenated alkanes) is 1. The molecule has 0 saturated heterocycles. The van der Waals surface area contributed by atoms with Crippen LogP contribution in [0.4, 0.5) is 5.82 Å². The van der Waals surface area contributed by atoms with E-state index in [1.165, 1.54) is 19.3 Å². The van der Waals surface area contributed by atoms with Crippen molar-refractivity contribution in [3.63, 3.8) is 0 Å². The van der Waals surface area contributed by atoms with Crippen molar-refractivity contribution < 1.29 is 0 Å². The van der Waals surface area contributed by atoms with E-state index in [0.29, 0.717) is 0 Å². The molecule has 1 N–H and O–H groups in total. The average molecular weight is 249 g/mol. The van der Waals surface area contributed by atoms with Gasteiger partial charge >= 0.3 is 0 Å². The van der Waals surface area contributed by atoms with E-state index in [1.807, 2.05) is 6.07 Å². The van der Waals surface area contributed by atoms with E-state index >= 15 is 0 Å². The number of aromatic nitrogens is 2. The Hall–Kier alpha value is -1.16. The predicted octanol–water partition coefficient (Wildman–Crippen LogP) is 3.93. The number of rotatable bonds is 6. The minimum Gasteiger partial charge on any atom is -0.369 e. The topological polar surface area (TPSA) is 37.8 Å². The fourth-order valence-electron chi connectivity index (χ4n) is 1.80. The van der Waals surface area contributed by atoms with Crippen LogP contribution in [0, 0.1) is 5.92 Å². The van der Waals surface area contributed by atoms with Crippen molar-refractivity contribution in [2.24, 2.45) is 5.92 Å². The molecule has 0 aliphatic rings. The standard InChI is InChI=1S/C13H19N3S/c1-10(2)5-3-4-7-14-13-12-11(6-8-17-12)15-9-16-13/h6,8-10H,3-5,7H2,1-2H3,(H,14,15,16). The van der Waals surface area contributed by atoms with Gasteiger partial charge in [-0.15, -0.1) is 11.3 Å². The molecule has 17 heavy (non-hydrogen) atoms. The van der Waals surface area contributed by atoms with Crippen LogP contribution in [-0.2, 0) is 0 Å². The van der Waals surface area contributed by atoms with Crippen LogP contribution in [0.1, 0.15) is 33.1 Å². The highest BCUT2D eigenvalue weighted by Gasteiger charge is 2.03. The summed E-state index contributed by atoms with van der Waals surface area (Å²) in [4.78, 5) is 8.53. The zero-order chi connectivity index (χ0) is 12.1. The fraction of sp³-hybridized carbons (Fsp3) is 0.538. The minimum absolute atomic E-state index is 0.804. The second-order valence-corrected chi connectivity index (χ2v) is 5.59. The molecule has 0 aromatic carbocycles. The Morgan fingerprint density at radius 1 is 1.29 bits per heavy atom. The van der Waals surface area contributed by atoms with E-state index in [2.05, 4.69) is 34.5 Å². The molecule has 4 heteroatoms. The van der Waals surface area contributed by atoms with E-state index in [9.17, 15) is 0 Å². The van der Waals surface area contributed by atoms with Crippen molar-refractivity contribution in [2.75, 3.05) is 11.9 Å². The number of anilines is 1. The summed E-state index contributed by atoms with van der Waals surface area (Å²) < 4.78 is 1.16. The molecule has 0 fully saturated rings. The maximum atomic E-state index is 4.30. The Morgan fingerprint density at radius 2 is 2.18 bits per heavy atom. The molecule has 2 aromatic rings. The van der Waals surface area contributed by atoms with Gasteiger partial charge in [-0.1, -0.05) is 26.7 Å². The SMILES string of the molecule is CC(C)CCCCNc1ncnc2ccsc12. The third-order valence-electron chi connectivity index (χ3n) is 2.74. The lowest BCUT2D eigenvalue weighted by Gasteiger charge is -2.07. The summed E-state index contributed by atoms with van der Waals surface area (Å²) in [7, 11) is 0. The molecular formula is C13H19N3S. The highest BCUT2D eigenvalue weighted by molar-refractivity contribution is 7.17. The molecule has 0 atom stereocenters. The van der Waals surface area contributed by atoms with E-state index in [4.69, 9.17) is 0 Å². The molecule has 2 heterocycles.